The number of halogens is 1. The lowest BCUT2D eigenvalue weighted by Gasteiger charge is -2.30. The van der Waals surface area contributed by atoms with E-state index in [2.05, 4.69) is 25.1 Å². The zero-order valence-electron chi connectivity index (χ0n) is 15.7. The summed E-state index contributed by atoms with van der Waals surface area (Å²) in [5, 5.41) is 13.1. The zero-order chi connectivity index (χ0) is 18.9. The second kappa shape index (κ2) is 7.40. The summed E-state index contributed by atoms with van der Waals surface area (Å²) in [4.78, 5) is 0. The van der Waals surface area contributed by atoms with Crippen LogP contribution in [0.15, 0.2) is 54.6 Å². The minimum atomic E-state index is -0.398. The molecule has 0 aliphatic carbocycles. The van der Waals surface area contributed by atoms with Gasteiger partial charge in [0.1, 0.15) is 6.10 Å². The summed E-state index contributed by atoms with van der Waals surface area (Å²) < 4.78 is 6.21. The molecule has 0 fully saturated rings. The van der Waals surface area contributed by atoms with Crippen molar-refractivity contribution in [2.75, 3.05) is 6.61 Å². The van der Waals surface area contributed by atoms with Crippen molar-refractivity contribution < 1.29 is 9.84 Å². The number of hydrogen-bond donors (Lipinski definition) is 1. The van der Waals surface area contributed by atoms with E-state index in [0.717, 1.165) is 27.6 Å². The van der Waals surface area contributed by atoms with E-state index in [-0.39, 0.29) is 12.2 Å². The molecular weight excluding hydrogens is 344 g/mol. The molecular formula is C23H25ClO2. The minimum absolute atomic E-state index is 0.0724. The summed E-state index contributed by atoms with van der Waals surface area (Å²) in [6, 6.07) is 18.3. The zero-order valence-corrected chi connectivity index (χ0v) is 16.5. The van der Waals surface area contributed by atoms with Gasteiger partial charge in [-0.15, -0.1) is 0 Å². The van der Waals surface area contributed by atoms with E-state index in [4.69, 9.17) is 16.3 Å². The number of aryl methyl sites for hydroxylation is 1. The van der Waals surface area contributed by atoms with Gasteiger partial charge in [0.2, 0.25) is 0 Å². The Morgan fingerprint density at radius 2 is 1.69 bits per heavy atom. The average molecular weight is 369 g/mol. The van der Waals surface area contributed by atoms with Gasteiger partial charge in [0.25, 0.3) is 0 Å². The number of rotatable bonds is 4. The van der Waals surface area contributed by atoms with Crippen molar-refractivity contribution in [3.05, 3.63) is 70.7 Å². The molecule has 0 spiro atoms. The van der Waals surface area contributed by atoms with Crippen LogP contribution in [0.1, 0.15) is 38.0 Å². The maximum Gasteiger partial charge on any atom is 0.107 e. The van der Waals surface area contributed by atoms with Crippen molar-refractivity contribution >= 4 is 22.4 Å². The molecule has 2 nitrogen and oxygen atoms in total. The molecule has 3 rings (SSSR count). The van der Waals surface area contributed by atoms with Gasteiger partial charge in [-0.2, -0.15) is 0 Å². The fraction of sp³-hybridized carbons (Fsp3) is 0.304. The standard InChI is InChI=1S/C23H25ClO2/c1-15-13-17-7-5-6-8-19(17)22(16-9-11-18(24)12-10-16)21(15)20(14-25)26-23(2,3)4/h5-13,20,25H,14H2,1-4H3/t20-/m1/s1. The summed E-state index contributed by atoms with van der Waals surface area (Å²) in [5.74, 6) is 0. The van der Waals surface area contributed by atoms with Gasteiger partial charge in [0.15, 0.2) is 0 Å². The smallest absolute Gasteiger partial charge is 0.107 e. The van der Waals surface area contributed by atoms with Crippen LogP contribution in [0.4, 0.5) is 0 Å². The van der Waals surface area contributed by atoms with Crippen LogP contribution in [-0.2, 0) is 4.74 Å². The van der Waals surface area contributed by atoms with Crippen molar-refractivity contribution in [1.82, 2.24) is 0 Å². The molecule has 0 saturated heterocycles. The molecule has 0 unspecified atom stereocenters. The number of aliphatic hydroxyl groups is 1. The third-order valence-corrected chi connectivity index (χ3v) is 4.66. The Kier molecular flexibility index (Phi) is 5.38. The first-order chi connectivity index (χ1) is 12.3. The van der Waals surface area contributed by atoms with Crippen LogP contribution in [-0.4, -0.2) is 17.3 Å². The summed E-state index contributed by atoms with van der Waals surface area (Å²) >= 11 is 6.10. The van der Waals surface area contributed by atoms with Crippen LogP contribution in [0.2, 0.25) is 5.02 Å². The second-order valence-electron chi connectivity index (χ2n) is 7.61. The van der Waals surface area contributed by atoms with Crippen molar-refractivity contribution in [2.45, 2.75) is 39.4 Å². The van der Waals surface area contributed by atoms with Gasteiger partial charge in [-0.1, -0.05) is 54.1 Å². The van der Waals surface area contributed by atoms with E-state index >= 15 is 0 Å². The minimum Gasteiger partial charge on any atom is -0.393 e. The van der Waals surface area contributed by atoms with Crippen LogP contribution >= 0.6 is 11.6 Å². The normalized spacial score (nSPS) is 13.2. The lowest BCUT2D eigenvalue weighted by molar-refractivity contribution is -0.0821. The van der Waals surface area contributed by atoms with E-state index in [1.54, 1.807) is 0 Å². The SMILES string of the molecule is Cc1cc2ccccc2c(-c2ccc(Cl)cc2)c1[C@@H](CO)OC(C)(C)C. The maximum atomic E-state index is 10.1. The fourth-order valence-corrected chi connectivity index (χ4v) is 3.59. The molecule has 0 heterocycles. The number of hydrogen-bond acceptors (Lipinski definition) is 2. The monoisotopic (exact) mass is 368 g/mol. The van der Waals surface area contributed by atoms with Crippen molar-refractivity contribution in [3.8, 4) is 11.1 Å². The van der Waals surface area contributed by atoms with Crippen molar-refractivity contribution in [1.29, 1.82) is 0 Å². The molecule has 3 heteroatoms. The largest absolute Gasteiger partial charge is 0.393 e. The van der Waals surface area contributed by atoms with Crippen LogP contribution in [0.5, 0.6) is 0 Å². The Hall–Kier alpha value is -1.87. The lowest BCUT2D eigenvalue weighted by atomic mass is 9.87. The van der Waals surface area contributed by atoms with E-state index in [0.29, 0.717) is 5.02 Å². The Bertz CT molecular complexity index is 908. The number of aliphatic hydroxyl groups excluding tert-OH is 1. The van der Waals surface area contributed by atoms with Gasteiger partial charge >= 0.3 is 0 Å². The molecule has 0 aliphatic heterocycles. The topological polar surface area (TPSA) is 29.5 Å². The highest BCUT2D eigenvalue weighted by molar-refractivity contribution is 6.30. The highest BCUT2D eigenvalue weighted by Gasteiger charge is 2.25. The molecule has 3 aromatic rings. The van der Waals surface area contributed by atoms with E-state index in [9.17, 15) is 5.11 Å². The fourth-order valence-electron chi connectivity index (χ4n) is 3.46. The number of ether oxygens (including phenoxy) is 1. The second-order valence-corrected chi connectivity index (χ2v) is 8.05. The first kappa shape index (κ1) is 18.9. The van der Waals surface area contributed by atoms with Gasteiger partial charge in [-0.05, 0) is 72.9 Å². The van der Waals surface area contributed by atoms with Gasteiger partial charge in [-0.3, -0.25) is 0 Å². The van der Waals surface area contributed by atoms with Crippen molar-refractivity contribution in [2.24, 2.45) is 0 Å². The highest BCUT2D eigenvalue weighted by Crippen LogP contribution is 2.40. The van der Waals surface area contributed by atoms with Crippen LogP contribution in [0.3, 0.4) is 0 Å². The number of fused-ring (bicyclic) bond motifs is 1. The molecule has 0 radical (unpaired) electrons. The molecule has 0 saturated carbocycles. The Morgan fingerprint density at radius 1 is 1.04 bits per heavy atom. The Labute approximate surface area is 160 Å². The highest BCUT2D eigenvalue weighted by atomic mass is 35.5. The lowest BCUT2D eigenvalue weighted by Crippen LogP contribution is -2.25. The van der Waals surface area contributed by atoms with Gasteiger partial charge in [0, 0.05) is 5.02 Å². The molecule has 136 valence electrons. The first-order valence-electron chi connectivity index (χ1n) is 8.87. The van der Waals surface area contributed by atoms with Gasteiger partial charge in [-0.25, -0.2) is 0 Å². The van der Waals surface area contributed by atoms with E-state index in [1.165, 1.54) is 5.39 Å². The summed E-state index contributed by atoms with van der Waals surface area (Å²) in [7, 11) is 0. The van der Waals surface area contributed by atoms with Crippen LogP contribution < -0.4 is 0 Å². The quantitative estimate of drug-likeness (QED) is 0.584. The summed E-state index contributed by atoms with van der Waals surface area (Å²) in [6.07, 6.45) is -0.398. The molecule has 1 atom stereocenters. The molecule has 0 aromatic heterocycles. The predicted molar refractivity (Wildman–Crippen MR) is 110 cm³/mol. The average Bonchev–Trinajstić information content (AvgIpc) is 2.59. The first-order valence-corrected chi connectivity index (χ1v) is 9.25. The Balaban J connectivity index is 2.32. The van der Waals surface area contributed by atoms with Crippen LogP contribution in [0.25, 0.3) is 21.9 Å². The molecule has 0 amide bonds. The van der Waals surface area contributed by atoms with Crippen LogP contribution in [0, 0.1) is 6.92 Å². The molecule has 0 bridgehead atoms. The third-order valence-electron chi connectivity index (χ3n) is 4.41. The third kappa shape index (κ3) is 3.93. The van der Waals surface area contributed by atoms with E-state index in [1.807, 2.05) is 57.2 Å². The predicted octanol–water partition coefficient (Wildman–Crippen LogP) is 6.32. The maximum absolute atomic E-state index is 10.1. The molecule has 1 N–H and O–H groups in total. The molecule has 0 aliphatic rings. The van der Waals surface area contributed by atoms with Gasteiger partial charge in [0.05, 0.1) is 12.2 Å². The van der Waals surface area contributed by atoms with E-state index < -0.39 is 6.10 Å². The van der Waals surface area contributed by atoms with Gasteiger partial charge < -0.3 is 9.84 Å². The molecule has 26 heavy (non-hydrogen) atoms. The summed E-state index contributed by atoms with van der Waals surface area (Å²) in [6.45, 7) is 8.03. The summed E-state index contributed by atoms with van der Waals surface area (Å²) in [5.41, 5.74) is 3.95. The van der Waals surface area contributed by atoms with Crippen molar-refractivity contribution in [3.63, 3.8) is 0 Å². The number of benzene rings is 3. The molecule has 3 aromatic carbocycles. The Morgan fingerprint density at radius 3 is 2.31 bits per heavy atom.